The minimum Gasteiger partial charge on any atom is -0.459 e. The number of anilines is 1. The summed E-state index contributed by atoms with van der Waals surface area (Å²) in [5.74, 6) is -1.64. The second-order valence-corrected chi connectivity index (χ2v) is 7.67. The van der Waals surface area contributed by atoms with Crippen LogP contribution in [0.5, 0.6) is 0 Å². The fraction of sp³-hybridized carbons (Fsp3) is 0.400. The van der Waals surface area contributed by atoms with Crippen LogP contribution in [-0.2, 0) is 16.0 Å². The van der Waals surface area contributed by atoms with Crippen LogP contribution >= 0.6 is 15.9 Å². The first-order valence-electron chi connectivity index (χ1n) is 9.22. The summed E-state index contributed by atoms with van der Waals surface area (Å²) in [7, 11) is 0. The number of hydrogen-bond acceptors (Lipinski definition) is 6. The van der Waals surface area contributed by atoms with Gasteiger partial charge in [0.25, 0.3) is 5.91 Å². The van der Waals surface area contributed by atoms with E-state index in [0.29, 0.717) is 16.7 Å². The number of nitrogens with zero attached hydrogens (tertiary/aromatic N) is 2. The average molecular weight is 466 g/mol. The van der Waals surface area contributed by atoms with E-state index in [9.17, 15) is 14.4 Å². The highest BCUT2D eigenvalue weighted by Gasteiger charge is 2.20. The molecule has 0 aliphatic rings. The Hall–Kier alpha value is -2.68. The molecule has 0 bridgehead atoms. The monoisotopic (exact) mass is 465 g/mol. The number of rotatable bonds is 7. The first-order valence-corrected chi connectivity index (χ1v) is 10.0. The van der Waals surface area contributed by atoms with Crippen molar-refractivity contribution in [2.45, 2.75) is 53.4 Å². The number of aryl methyl sites for hydroxylation is 1. The van der Waals surface area contributed by atoms with Crippen molar-refractivity contribution in [1.29, 1.82) is 0 Å². The highest BCUT2D eigenvalue weighted by atomic mass is 79.9. The number of hydrogen-bond donors (Lipinski definition) is 1. The van der Waals surface area contributed by atoms with Crippen LogP contribution in [0, 0.1) is 0 Å². The summed E-state index contributed by atoms with van der Waals surface area (Å²) in [5, 5.41) is 6.83. The lowest BCUT2D eigenvalue weighted by atomic mass is 10.1. The van der Waals surface area contributed by atoms with Gasteiger partial charge in [0.1, 0.15) is 5.69 Å². The third kappa shape index (κ3) is 5.90. The fourth-order valence-electron chi connectivity index (χ4n) is 2.52. The van der Waals surface area contributed by atoms with Gasteiger partial charge in [0, 0.05) is 12.2 Å². The summed E-state index contributed by atoms with van der Waals surface area (Å²) in [6.45, 7) is 9.25. The normalized spacial score (nSPS) is 10.9. The van der Waals surface area contributed by atoms with Gasteiger partial charge in [-0.2, -0.15) is 5.10 Å². The second kappa shape index (κ2) is 9.69. The van der Waals surface area contributed by atoms with E-state index in [4.69, 9.17) is 9.47 Å². The summed E-state index contributed by atoms with van der Waals surface area (Å²) < 4.78 is 12.5. The molecule has 1 amide bonds. The number of aromatic nitrogens is 2. The number of carbonyl (C=O) groups excluding carboxylic acids is 3. The third-order valence-corrected chi connectivity index (χ3v) is 4.24. The number of esters is 2. The van der Waals surface area contributed by atoms with Gasteiger partial charge in [-0.3, -0.25) is 9.48 Å². The van der Waals surface area contributed by atoms with Gasteiger partial charge in [-0.1, -0.05) is 0 Å². The summed E-state index contributed by atoms with van der Waals surface area (Å²) >= 11 is 3.31. The van der Waals surface area contributed by atoms with E-state index in [1.807, 2.05) is 6.92 Å². The predicted molar refractivity (Wildman–Crippen MR) is 111 cm³/mol. The number of benzene rings is 1. The molecule has 1 N–H and O–H groups in total. The molecule has 0 saturated carbocycles. The average Bonchev–Trinajstić information content (AvgIpc) is 3.01. The van der Waals surface area contributed by atoms with Crippen LogP contribution in [0.4, 0.5) is 5.69 Å². The number of carbonyl (C=O) groups is 3. The van der Waals surface area contributed by atoms with E-state index >= 15 is 0 Å². The minimum atomic E-state index is -0.602. The molecule has 2 rings (SSSR count). The number of halogens is 1. The third-order valence-electron chi connectivity index (χ3n) is 3.66. The first-order chi connectivity index (χ1) is 13.6. The maximum Gasteiger partial charge on any atom is 0.338 e. The number of amides is 1. The van der Waals surface area contributed by atoms with Crippen molar-refractivity contribution in [2.24, 2.45) is 0 Å². The molecule has 1 aromatic heterocycles. The Morgan fingerprint density at radius 3 is 2.00 bits per heavy atom. The largest absolute Gasteiger partial charge is 0.459 e. The fourth-order valence-corrected chi connectivity index (χ4v) is 2.99. The second-order valence-electron chi connectivity index (χ2n) is 6.82. The molecule has 8 nitrogen and oxygen atoms in total. The quantitative estimate of drug-likeness (QED) is 0.619. The van der Waals surface area contributed by atoms with Crippen molar-refractivity contribution in [3.05, 3.63) is 45.7 Å². The van der Waals surface area contributed by atoms with Crippen molar-refractivity contribution in [3.8, 4) is 0 Å². The molecular formula is C20H24BrN3O5. The molecule has 0 unspecified atom stereocenters. The van der Waals surface area contributed by atoms with Gasteiger partial charge in [-0.15, -0.1) is 0 Å². The molecular weight excluding hydrogens is 442 g/mol. The molecule has 0 aliphatic carbocycles. The Morgan fingerprint density at radius 1 is 1.03 bits per heavy atom. The maximum atomic E-state index is 12.8. The molecule has 1 aromatic carbocycles. The van der Waals surface area contributed by atoms with E-state index in [-0.39, 0.29) is 29.0 Å². The molecule has 0 saturated heterocycles. The zero-order valence-electron chi connectivity index (χ0n) is 17.0. The van der Waals surface area contributed by atoms with E-state index in [1.54, 1.807) is 27.7 Å². The van der Waals surface area contributed by atoms with Crippen LogP contribution < -0.4 is 5.32 Å². The smallest absolute Gasteiger partial charge is 0.338 e. The van der Waals surface area contributed by atoms with E-state index in [1.165, 1.54) is 29.1 Å². The number of nitrogens with one attached hydrogen (secondary N) is 1. The molecule has 0 aliphatic heterocycles. The summed E-state index contributed by atoms with van der Waals surface area (Å²) in [6.07, 6.45) is 0.864. The topological polar surface area (TPSA) is 99.5 Å². The zero-order valence-corrected chi connectivity index (χ0v) is 18.6. The van der Waals surface area contributed by atoms with Gasteiger partial charge in [0.05, 0.1) is 34.0 Å². The van der Waals surface area contributed by atoms with Gasteiger partial charge < -0.3 is 14.8 Å². The van der Waals surface area contributed by atoms with Crippen LogP contribution in [-0.4, -0.2) is 39.8 Å². The molecule has 0 radical (unpaired) electrons. The zero-order chi connectivity index (χ0) is 21.7. The van der Waals surface area contributed by atoms with Crippen LogP contribution in [0.25, 0.3) is 0 Å². The lowest BCUT2D eigenvalue weighted by Gasteiger charge is -2.14. The highest BCUT2D eigenvalue weighted by Crippen LogP contribution is 2.21. The minimum absolute atomic E-state index is 0.135. The van der Waals surface area contributed by atoms with Crippen LogP contribution in [0.3, 0.4) is 0 Å². The van der Waals surface area contributed by atoms with E-state index in [2.05, 4.69) is 26.3 Å². The highest BCUT2D eigenvalue weighted by molar-refractivity contribution is 9.10. The van der Waals surface area contributed by atoms with Gasteiger partial charge in [0.2, 0.25) is 0 Å². The molecule has 156 valence electrons. The SMILES string of the molecule is CCn1ncc(Br)c1C(=O)Nc1cc(C(=O)OC(C)C)cc(C(=O)OC(C)C)c1. The summed E-state index contributed by atoms with van der Waals surface area (Å²) in [5.41, 5.74) is 0.860. The van der Waals surface area contributed by atoms with E-state index in [0.717, 1.165) is 0 Å². The maximum absolute atomic E-state index is 12.8. The van der Waals surface area contributed by atoms with Crippen LogP contribution in [0.2, 0.25) is 0 Å². The van der Waals surface area contributed by atoms with Crippen molar-refractivity contribution < 1.29 is 23.9 Å². The molecule has 0 fully saturated rings. The van der Waals surface area contributed by atoms with Crippen molar-refractivity contribution >= 4 is 39.5 Å². The standard InChI is InChI=1S/C20H24BrN3O5/c1-6-24-17(16(21)10-22-24)18(25)23-15-8-13(19(26)28-11(2)3)7-14(9-15)20(27)29-12(4)5/h7-12H,6H2,1-5H3,(H,23,25). The Balaban J connectivity index is 2.41. The number of ether oxygens (including phenoxy) is 2. The van der Waals surface area contributed by atoms with Crippen molar-refractivity contribution in [1.82, 2.24) is 9.78 Å². The Kier molecular flexibility index (Phi) is 7.55. The van der Waals surface area contributed by atoms with Crippen molar-refractivity contribution in [2.75, 3.05) is 5.32 Å². The van der Waals surface area contributed by atoms with Gasteiger partial charge in [-0.05, 0) is 68.7 Å². The summed E-state index contributed by atoms with van der Waals surface area (Å²) in [6, 6.07) is 4.29. The Morgan fingerprint density at radius 2 is 1.55 bits per heavy atom. The van der Waals surface area contributed by atoms with Crippen LogP contribution in [0.1, 0.15) is 65.8 Å². The lowest BCUT2D eigenvalue weighted by molar-refractivity contribution is 0.0377. The Bertz CT molecular complexity index is 881. The molecule has 0 atom stereocenters. The van der Waals surface area contributed by atoms with Gasteiger partial charge in [-0.25, -0.2) is 9.59 Å². The molecule has 9 heteroatoms. The van der Waals surface area contributed by atoms with Crippen molar-refractivity contribution in [3.63, 3.8) is 0 Å². The molecule has 1 heterocycles. The van der Waals surface area contributed by atoms with Crippen LogP contribution in [0.15, 0.2) is 28.9 Å². The summed E-state index contributed by atoms with van der Waals surface area (Å²) in [4.78, 5) is 37.5. The van der Waals surface area contributed by atoms with Gasteiger partial charge >= 0.3 is 11.9 Å². The molecule has 0 spiro atoms. The Labute approximate surface area is 177 Å². The molecule has 29 heavy (non-hydrogen) atoms. The lowest BCUT2D eigenvalue weighted by Crippen LogP contribution is -2.20. The molecule has 2 aromatic rings. The van der Waals surface area contributed by atoms with E-state index < -0.39 is 17.8 Å². The van der Waals surface area contributed by atoms with Gasteiger partial charge in [0.15, 0.2) is 0 Å². The first kappa shape index (κ1) is 22.6. The predicted octanol–water partition coefficient (Wildman–Crippen LogP) is 4.05.